The molecule has 0 spiro atoms. The van der Waals surface area contributed by atoms with Crippen LogP contribution in [0.5, 0.6) is 0 Å². The molecular formula is C7H13NOS. The fraction of sp³-hybridized carbons (Fsp3) is 0.571. The Morgan fingerprint density at radius 3 is 2.30 bits per heavy atom. The molecule has 0 unspecified atom stereocenters. The van der Waals surface area contributed by atoms with E-state index in [4.69, 9.17) is 0 Å². The summed E-state index contributed by atoms with van der Waals surface area (Å²) in [5.41, 5.74) is 0.846. The topological polar surface area (TPSA) is 29.1 Å². The van der Waals surface area contributed by atoms with Gasteiger partial charge in [-0.15, -0.1) is 12.6 Å². The Labute approximate surface area is 67.1 Å². The van der Waals surface area contributed by atoms with E-state index in [9.17, 15) is 4.79 Å². The average molecular weight is 159 g/mol. The van der Waals surface area contributed by atoms with Crippen molar-refractivity contribution in [1.29, 1.82) is 0 Å². The summed E-state index contributed by atoms with van der Waals surface area (Å²) in [5, 5.41) is 3.01. The molecule has 0 bridgehead atoms. The van der Waals surface area contributed by atoms with E-state index in [1.165, 1.54) is 6.92 Å². The molecule has 0 saturated heterocycles. The van der Waals surface area contributed by atoms with E-state index in [0.29, 0.717) is 4.91 Å². The Hall–Kier alpha value is -0.440. The van der Waals surface area contributed by atoms with E-state index in [1.807, 2.05) is 13.8 Å². The lowest BCUT2D eigenvalue weighted by molar-refractivity contribution is -0.113. The summed E-state index contributed by atoms with van der Waals surface area (Å²) >= 11 is 4.02. The number of nitrogens with one attached hydrogen (secondary N) is 1. The number of ketones is 1. The third-order valence-electron chi connectivity index (χ3n) is 1.13. The zero-order valence-electron chi connectivity index (χ0n) is 6.56. The van der Waals surface area contributed by atoms with Crippen LogP contribution in [-0.2, 0) is 4.79 Å². The standard InChI is InChI=1S/C7H13NOS/c1-4-8-5(2)7(10)6(3)9/h8,10H,4H2,1-3H3/b7-5-. The van der Waals surface area contributed by atoms with Crippen molar-refractivity contribution >= 4 is 18.4 Å². The lowest BCUT2D eigenvalue weighted by atomic mass is 10.3. The summed E-state index contributed by atoms with van der Waals surface area (Å²) in [6, 6.07) is 0. The highest BCUT2D eigenvalue weighted by Crippen LogP contribution is 2.05. The monoisotopic (exact) mass is 159 g/mol. The molecule has 0 rings (SSSR count). The van der Waals surface area contributed by atoms with E-state index in [2.05, 4.69) is 17.9 Å². The van der Waals surface area contributed by atoms with Gasteiger partial charge in [0.05, 0.1) is 4.91 Å². The van der Waals surface area contributed by atoms with Crippen LogP contribution in [0.3, 0.4) is 0 Å². The van der Waals surface area contributed by atoms with Gasteiger partial charge in [-0.05, 0) is 20.8 Å². The number of carbonyl (C=O) groups is 1. The zero-order chi connectivity index (χ0) is 8.15. The number of Topliss-reactive ketones (excluding diaryl/α,β-unsaturated/α-hetero) is 1. The molecular weight excluding hydrogens is 146 g/mol. The second-order valence-corrected chi connectivity index (χ2v) is 2.51. The molecule has 0 fully saturated rings. The van der Waals surface area contributed by atoms with E-state index in [-0.39, 0.29) is 5.78 Å². The summed E-state index contributed by atoms with van der Waals surface area (Å²) < 4.78 is 0. The van der Waals surface area contributed by atoms with Crippen molar-refractivity contribution in [3.63, 3.8) is 0 Å². The van der Waals surface area contributed by atoms with Gasteiger partial charge in [0.1, 0.15) is 0 Å². The molecule has 0 aliphatic carbocycles. The van der Waals surface area contributed by atoms with Gasteiger partial charge in [0.15, 0.2) is 5.78 Å². The fourth-order valence-electron chi connectivity index (χ4n) is 0.613. The Balaban J connectivity index is 4.19. The number of carbonyl (C=O) groups excluding carboxylic acids is 1. The first-order chi connectivity index (χ1) is 4.59. The lowest BCUT2D eigenvalue weighted by Gasteiger charge is -2.04. The highest BCUT2D eigenvalue weighted by Gasteiger charge is 2.00. The van der Waals surface area contributed by atoms with Crippen LogP contribution in [0.25, 0.3) is 0 Å². The van der Waals surface area contributed by atoms with Crippen molar-refractivity contribution in [3.8, 4) is 0 Å². The van der Waals surface area contributed by atoms with Gasteiger partial charge >= 0.3 is 0 Å². The summed E-state index contributed by atoms with van der Waals surface area (Å²) in [4.78, 5) is 11.2. The lowest BCUT2D eigenvalue weighted by Crippen LogP contribution is -2.12. The highest BCUT2D eigenvalue weighted by molar-refractivity contribution is 7.85. The number of allylic oxidation sites excluding steroid dienone is 2. The van der Waals surface area contributed by atoms with Crippen LogP contribution in [0.4, 0.5) is 0 Å². The molecule has 0 radical (unpaired) electrons. The van der Waals surface area contributed by atoms with Gasteiger partial charge in [-0.1, -0.05) is 0 Å². The minimum atomic E-state index is 0.00165. The van der Waals surface area contributed by atoms with Crippen LogP contribution in [0, 0.1) is 0 Å². The molecule has 0 saturated carbocycles. The van der Waals surface area contributed by atoms with Crippen molar-refractivity contribution in [2.45, 2.75) is 20.8 Å². The molecule has 0 amide bonds. The predicted octanol–water partition coefficient (Wildman–Crippen LogP) is 1.35. The molecule has 0 aromatic carbocycles. The number of thiol groups is 1. The first kappa shape index (κ1) is 9.56. The smallest absolute Gasteiger partial charge is 0.167 e. The minimum absolute atomic E-state index is 0.00165. The molecule has 2 nitrogen and oxygen atoms in total. The maximum Gasteiger partial charge on any atom is 0.167 e. The molecule has 58 valence electrons. The van der Waals surface area contributed by atoms with Gasteiger partial charge in [-0.3, -0.25) is 4.79 Å². The van der Waals surface area contributed by atoms with Gasteiger partial charge < -0.3 is 5.32 Å². The maximum atomic E-state index is 10.7. The van der Waals surface area contributed by atoms with Gasteiger partial charge in [0.2, 0.25) is 0 Å². The summed E-state index contributed by atoms with van der Waals surface area (Å²) in [7, 11) is 0. The summed E-state index contributed by atoms with van der Waals surface area (Å²) in [6.07, 6.45) is 0. The highest BCUT2D eigenvalue weighted by atomic mass is 32.1. The fourth-order valence-corrected chi connectivity index (χ4v) is 0.692. The second-order valence-electron chi connectivity index (χ2n) is 2.06. The summed E-state index contributed by atoms with van der Waals surface area (Å²) in [5.74, 6) is 0.00165. The molecule has 0 aromatic heterocycles. The van der Waals surface area contributed by atoms with Crippen molar-refractivity contribution < 1.29 is 4.79 Å². The number of hydrogen-bond acceptors (Lipinski definition) is 3. The van der Waals surface area contributed by atoms with Crippen LogP contribution in [-0.4, -0.2) is 12.3 Å². The van der Waals surface area contributed by atoms with Crippen molar-refractivity contribution in [1.82, 2.24) is 5.32 Å². The maximum absolute atomic E-state index is 10.7. The van der Waals surface area contributed by atoms with Crippen molar-refractivity contribution in [2.24, 2.45) is 0 Å². The molecule has 10 heavy (non-hydrogen) atoms. The van der Waals surface area contributed by atoms with Crippen LogP contribution in [0.1, 0.15) is 20.8 Å². The Morgan fingerprint density at radius 1 is 1.50 bits per heavy atom. The Morgan fingerprint density at radius 2 is 2.00 bits per heavy atom. The van der Waals surface area contributed by atoms with Crippen LogP contribution >= 0.6 is 12.6 Å². The Bertz CT molecular complexity index is 163. The first-order valence-electron chi connectivity index (χ1n) is 3.24. The molecule has 0 aliphatic rings. The van der Waals surface area contributed by atoms with Gasteiger partial charge in [-0.2, -0.15) is 0 Å². The average Bonchev–Trinajstić information content (AvgIpc) is 1.87. The third kappa shape index (κ3) is 2.92. The number of hydrogen-bond donors (Lipinski definition) is 2. The third-order valence-corrected chi connectivity index (χ3v) is 1.78. The van der Waals surface area contributed by atoms with E-state index in [1.54, 1.807) is 0 Å². The van der Waals surface area contributed by atoms with Gasteiger partial charge in [-0.25, -0.2) is 0 Å². The molecule has 3 heteroatoms. The van der Waals surface area contributed by atoms with Gasteiger partial charge in [0, 0.05) is 12.2 Å². The Kier molecular flexibility index (Phi) is 4.19. The van der Waals surface area contributed by atoms with E-state index in [0.717, 1.165) is 12.2 Å². The van der Waals surface area contributed by atoms with E-state index >= 15 is 0 Å². The minimum Gasteiger partial charge on any atom is -0.388 e. The summed E-state index contributed by atoms with van der Waals surface area (Å²) in [6.45, 7) is 6.14. The quantitative estimate of drug-likeness (QED) is 0.481. The normalized spacial score (nSPS) is 12.4. The SMILES string of the molecule is CCN/C(C)=C(\S)C(C)=O. The zero-order valence-corrected chi connectivity index (χ0v) is 7.46. The van der Waals surface area contributed by atoms with Crippen LogP contribution < -0.4 is 5.32 Å². The number of rotatable bonds is 3. The van der Waals surface area contributed by atoms with E-state index < -0.39 is 0 Å². The molecule has 0 aliphatic heterocycles. The first-order valence-corrected chi connectivity index (χ1v) is 3.69. The largest absolute Gasteiger partial charge is 0.388 e. The molecule has 0 atom stereocenters. The van der Waals surface area contributed by atoms with Crippen LogP contribution in [0.2, 0.25) is 0 Å². The second kappa shape index (κ2) is 4.39. The van der Waals surface area contributed by atoms with Crippen molar-refractivity contribution in [3.05, 3.63) is 10.6 Å². The van der Waals surface area contributed by atoms with Gasteiger partial charge in [0.25, 0.3) is 0 Å². The van der Waals surface area contributed by atoms with Crippen LogP contribution in [0.15, 0.2) is 10.6 Å². The van der Waals surface area contributed by atoms with Crippen molar-refractivity contribution in [2.75, 3.05) is 6.54 Å². The molecule has 0 heterocycles. The molecule has 1 N–H and O–H groups in total. The molecule has 0 aromatic rings. The predicted molar refractivity (Wildman–Crippen MR) is 46.0 cm³/mol.